The highest BCUT2D eigenvalue weighted by molar-refractivity contribution is 7.26. The van der Waals surface area contributed by atoms with Gasteiger partial charge in [0.05, 0.1) is 0 Å². The van der Waals surface area contributed by atoms with Crippen LogP contribution in [0.15, 0.2) is 148 Å². The minimum Gasteiger partial charge on any atom is -0.461 e. The van der Waals surface area contributed by atoms with Crippen molar-refractivity contribution in [1.82, 2.24) is 0 Å². The number of para-hydroxylation sites is 1. The van der Waals surface area contributed by atoms with E-state index in [1.54, 1.807) is 0 Å². The molecule has 0 N–H and O–H groups in total. The Labute approximate surface area is 297 Å². The van der Waals surface area contributed by atoms with Gasteiger partial charge in [-0.05, 0) is 111 Å². The lowest BCUT2D eigenvalue weighted by molar-refractivity contribution is 0.578. The molecule has 0 aliphatic heterocycles. The maximum atomic E-state index is 6.35. The van der Waals surface area contributed by atoms with Gasteiger partial charge in [-0.25, -0.2) is 0 Å². The third-order valence-electron chi connectivity index (χ3n) is 10.7. The largest absolute Gasteiger partial charge is 0.461 e. The van der Waals surface area contributed by atoms with E-state index in [0.29, 0.717) is 0 Å². The number of hydrogen-bond acceptors (Lipinski definition) is 3. The highest BCUT2D eigenvalue weighted by Crippen LogP contribution is 2.47. The first-order valence-corrected chi connectivity index (χ1v) is 18.3. The number of hydrogen-bond donors (Lipinski definition) is 0. The minimum atomic E-state index is 0.912. The second-order valence-corrected chi connectivity index (χ2v) is 14.6. The van der Waals surface area contributed by atoms with Gasteiger partial charge in [0.2, 0.25) is 0 Å². The van der Waals surface area contributed by atoms with Crippen molar-refractivity contribution in [1.29, 1.82) is 0 Å². The highest BCUT2D eigenvalue weighted by Gasteiger charge is 2.19. The molecule has 0 aliphatic carbocycles. The summed E-state index contributed by atoms with van der Waals surface area (Å²) in [6.07, 6.45) is 4.22. The summed E-state index contributed by atoms with van der Waals surface area (Å²) in [6.45, 7) is 4.10. The van der Waals surface area contributed by atoms with E-state index in [1.165, 1.54) is 74.6 Å². The molecule has 11 aromatic rings. The van der Waals surface area contributed by atoms with Crippen molar-refractivity contribution in [3.05, 3.63) is 151 Å². The zero-order valence-electron chi connectivity index (χ0n) is 28.1. The number of allylic oxidation sites excluding steroid dienone is 1. The molecule has 240 valence electrons. The SMILES string of the molecule is C/C=C\c1c(C)oc2cc3c(ccc4sc5cc(-c6c7ccccc7c(-c7ccc8c(c7)oc7ccccc78)c7ccccc67)ccc5c43)cc12. The molecule has 0 fully saturated rings. The Bertz CT molecular complexity index is 3220. The predicted molar refractivity (Wildman–Crippen MR) is 219 cm³/mol. The molecule has 0 unspecified atom stereocenters. The minimum absolute atomic E-state index is 0.912. The first-order valence-electron chi connectivity index (χ1n) is 17.4. The Kier molecular flexibility index (Phi) is 5.99. The van der Waals surface area contributed by atoms with Crippen LogP contribution in [-0.2, 0) is 0 Å². The first kappa shape index (κ1) is 28.7. The lowest BCUT2D eigenvalue weighted by Crippen LogP contribution is -1.90. The van der Waals surface area contributed by atoms with Crippen LogP contribution in [-0.4, -0.2) is 0 Å². The van der Waals surface area contributed by atoms with Crippen LogP contribution in [0, 0.1) is 6.92 Å². The normalized spacial score (nSPS) is 12.4. The van der Waals surface area contributed by atoms with Crippen molar-refractivity contribution in [2.24, 2.45) is 0 Å². The van der Waals surface area contributed by atoms with Gasteiger partial charge in [0.1, 0.15) is 22.5 Å². The Hall–Kier alpha value is -6.16. The fourth-order valence-corrected chi connectivity index (χ4v) is 9.65. The zero-order valence-corrected chi connectivity index (χ0v) is 28.9. The Balaban J connectivity index is 1.14. The summed E-state index contributed by atoms with van der Waals surface area (Å²) in [4.78, 5) is 0. The number of rotatable bonds is 3. The molecule has 3 heteroatoms. The standard InChI is InChI=1S/C48H30O2S/c1-3-10-31-27(2)49-43-26-39-28(23-40(31)43)19-22-44-48(39)38-21-18-30(25-45(38)51-44)47-36-14-6-4-12-34(36)46(35-13-5-7-15-37(35)47)29-17-20-33-32-11-8-9-16-41(32)50-42(33)24-29/h3-26H,1-2H3/b10-3-. The van der Waals surface area contributed by atoms with E-state index in [-0.39, 0.29) is 0 Å². The number of fused-ring (bicyclic) bond motifs is 11. The van der Waals surface area contributed by atoms with Crippen LogP contribution in [0.1, 0.15) is 18.2 Å². The van der Waals surface area contributed by atoms with Gasteiger partial charge in [-0.1, -0.05) is 103 Å². The molecule has 11 rings (SSSR count). The van der Waals surface area contributed by atoms with Crippen LogP contribution in [0.2, 0.25) is 0 Å². The van der Waals surface area contributed by atoms with E-state index in [4.69, 9.17) is 8.83 Å². The van der Waals surface area contributed by atoms with Crippen LogP contribution >= 0.6 is 11.3 Å². The van der Waals surface area contributed by atoms with Gasteiger partial charge in [-0.3, -0.25) is 0 Å². The molecular weight excluding hydrogens is 641 g/mol. The molecule has 0 saturated carbocycles. The van der Waals surface area contributed by atoms with Crippen LogP contribution in [0.5, 0.6) is 0 Å². The van der Waals surface area contributed by atoms with E-state index < -0.39 is 0 Å². The summed E-state index contributed by atoms with van der Waals surface area (Å²) < 4.78 is 15.2. The molecule has 3 aromatic heterocycles. The summed E-state index contributed by atoms with van der Waals surface area (Å²) in [5, 5.41) is 13.5. The van der Waals surface area contributed by atoms with E-state index in [0.717, 1.165) is 44.4 Å². The van der Waals surface area contributed by atoms with E-state index >= 15 is 0 Å². The number of thiophene rings is 1. The third kappa shape index (κ3) is 4.10. The lowest BCUT2D eigenvalue weighted by atomic mass is 9.85. The molecular formula is C48H30O2S. The van der Waals surface area contributed by atoms with Crippen LogP contribution in [0.3, 0.4) is 0 Å². The van der Waals surface area contributed by atoms with Gasteiger partial charge in [-0.2, -0.15) is 0 Å². The van der Waals surface area contributed by atoms with E-state index in [9.17, 15) is 0 Å². The van der Waals surface area contributed by atoms with Gasteiger partial charge >= 0.3 is 0 Å². The van der Waals surface area contributed by atoms with Crippen LogP contribution in [0.25, 0.3) is 114 Å². The molecule has 2 nitrogen and oxygen atoms in total. The average Bonchev–Trinajstić information content (AvgIpc) is 3.82. The highest BCUT2D eigenvalue weighted by atomic mass is 32.1. The van der Waals surface area contributed by atoms with E-state index in [1.807, 2.05) is 23.5 Å². The summed E-state index contributed by atoms with van der Waals surface area (Å²) in [7, 11) is 0. The van der Waals surface area contributed by atoms with Crippen molar-refractivity contribution in [2.45, 2.75) is 13.8 Å². The van der Waals surface area contributed by atoms with Crippen molar-refractivity contribution in [3.8, 4) is 22.3 Å². The Morgan fingerprint density at radius 1 is 0.471 bits per heavy atom. The zero-order chi connectivity index (χ0) is 33.8. The van der Waals surface area contributed by atoms with Crippen molar-refractivity contribution in [3.63, 3.8) is 0 Å². The molecule has 51 heavy (non-hydrogen) atoms. The smallest absolute Gasteiger partial charge is 0.136 e. The van der Waals surface area contributed by atoms with Crippen LogP contribution in [0.4, 0.5) is 0 Å². The summed E-state index contributed by atoms with van der Waals surface area (Å²) >= 11 is 1.87. The van der Waals surface area contributed by atoms with Crippen molar-refractivity contribution in [2.75, 3.05) is 0 Å². The third-order valence-corrected chi connectivity index (χ3v) is 11.8. The molecule has 0 saturated heterocycles. The number of benzene rings is 8. The fourth-order valence-electron chi connectivity index (χ4n) is 8.49. The molecule has 0 spiro atoms. The Morgan fingerprint density at radius 2 is 1.08 bits per heavy atom. The lowest BCUT2D eigenvalue weighted by Gasteiger charge is -2.17. The molecule has 0 aliphatic rings. The molecule has 8 aromatic carbocycles. The number of aryl methyl sites for hydroxylation is 1. The summed E-state index contributed by atoms with van der Waals surface area (Å²) in [5.74, 6) is 0.954. The van der Waals surface area contributed by atoms with Gasteiger partial charge in [-0.15, -0.1) is 11.3 Å². The van der Waals surface area contributed by atoms with Crippen molar-refractivity contribution >= 4 is 103 Å². The van der Waals surface area contributed by atoms with Gasteiger partial charge in [0.15, 0.2) is 0 Å². The second kappa shape index (κ2) is 10.7. The number of furan rings is 2. The first-order chi connectivity index (χ1) is 25.1. The summed E-state index contributed by atoms with van der Waals surface area (Å²) in [5.41, 5.74) is 8.82. The quantitative estimate of drug-likeness (QED) is 0.175. The monoisotopic (exact) mass is 670 g/mol. The maximum Gasteiger partial charge on any atom is 0.136 e. The second-order valence-electron chi connectivity index (χ2n) is 13.5. The maximum absolute atomic E-state index is 6.35. The molecule has 0 atom stereocenters. The molecule has 0 bridgehead atoms. The van der Waals surface area contributed by atoms with E-state index in [2.05, 4.69) is 147 Å². The predicted octanol–water partition coefficient (Wildman–Crippen LogP) is 14.8. The molecule has 3 heterocycles. The average molecular weight is 671 g/mol. The van der Waals surface area contributed by atoms with Gasteiger partial charge < -0.3 is 8.83 Å². The topological polar surface area (TPSA) is 26.3 Å². The van der Waals surface area contributed by atoms with Gasteiger partial charge in [0, 0.05) is 41.9 Å². The molecule has 0 amide bonds. The summed E-state index contributed by atoms with van der Waals surface area (Å²) in [6, 6.07) is 48.8. The van der Waals surface area contributed by atoms with Gasteiger partial charge in [0.25, 0.3) is 0 Å². The van der Waals surface area contributed by atoms with Crippen molar-refractivity contribution < 1.29 is 8.83 Å². The Morgan fingerprint density at radius 3 is 1.78 bits per heavy atom. The van der Waals surface area contributed by atoms with Crippen LogP contribution < -0.4 is 0 Å². The molecule has 0 radical (unpaired) electrons. The fraction of sp³-hybridized carbons (Fsp3) is 0.0417.